The molecule has 1 aromatic rings. The summed E-state index contributed by atoms with van der Waals surface area (Å²) in [6.45, 7) is 4.78. The van der Waals surface area contributed by atoms with Gasteiger partial charge in [-0.3, -0.25) is 9.59 Å². The minimum absolute atomic E-state index is 0.0466. The van der Waals surface area contributed by atoms with E-state index in [0.717, 1.165) is 49.8 Å². The second-order valence-corrected chi connectivity index (χ2v) is 7.14. The van der Waals surface area contributed by atoms with Gasteiger partial charge in [0.25, 0.3) is 5.91 Å². The van der Waals surface area contributed by atoms with Gasteiger partial charge in [-0.1, -0.05) is 38.5 Å². The molecule has 1 amide bonds. The van der Waals surface area contributed by atoms with Gasteiger partial charge in [-0.05, 0) is 32.3 Å². The molecule has 0 bridgehead atoms. The Kier molecular flexibility index (Phi) is 9.60. The lowest BCUT2D eigenvalue weighted by molar-refractivity contribution is -0.137. The monoisotopic (exact) mass is 339 g/mol. The summed E-state index contributed by atoms with van der Waals surface area (Å²) in [6.07, 6.45) is 8.95. The van der Waals surface area contributed by atoms with E-state index in [2.05, 4.69) is 5.32 Å². The van der Waals surface area contributed by atoms with Gasteiger partial charge in [0.15, 0.2) is 0 Å². The van der Waals surface area contributed by atoms with E-state index in [1.165, 1.54) is 24.1 Å². The highest BCUT2D eigenvalue weighted by molar-refractivity contribution is 7.10. The third-order valence-corrected chi connectivity index (χ3v) is 5.15. The Morgan fingerprint density at radius 2 is 1.57 bits per heavy atom. The van der Waals surface area contributed by atoms with Crippen LogP contribution in [0.25, 0.3) is 0 Å². The highest BCUT2D eigenvalue weighted by Crippen LogP contribution is 2.20. The number of carbonyl (C=O) groups excluding carboxylic acids is 1. The van der Waals surface area contributed by atoms with Gasteiger partial charge in [-0.2, -0.15) is 0 Å². The number of nitrogens with one attached hydrogen (secondary N) is 1. The van der Waals surface area contributed by atoms with Crippen molar-refractivity contribution in [1.29, 1.82) is 0 Å². The van der Waals surface area contributed by atoms with Gasteiger partial charge in [-0.25, -0.2) is 0 Å². The van der Waals surface area contributed by atoms with Gasteiger partial charge in [0, 0.05) is 23.2 Å². The number of aryl methyl sites for hydroxylation is 1. The smallest absolute Gasteiger partial charge is 0.303 e. The third kappa shape index (κ3) is 8.16. The summed E-state index contributed by atoms with van der Waals surface area (Å²) < 4.78 is 0. The first-order valence-corrected chi connectivity index (χ1v) is 9.45. The molecule has 1 aromatic heterocycles. The van der Waals surface area contributed by atoms with E-state index in [0.29, 0.717) is 6.42 Å². The van der Waals surface area contributed by atoms with E-state index in [-0.39, 0.29) is 5.91 Å². The van der Waals surface area contributed by atoms with Gasteiger partial charge in [0.2, 0.25) is 0 Å². The second-order valence-electron chi connectivity index (χ2n) is 6.06. The summed E-state index contributed by atoms with van der Waals surface area (Å²) in [7, 11) is 0. The van der Waals surface area contributed by atoms with Crippen molar-refractivity contribution in [3.05, 3.63) is 21.4 Å². The Morgan fingerprint density at radius 1 is 1.00 bits per heavy atom. The number of unbranched alkanes of at least 4 members (excludes halogenated alkanes) is 7. The Hall–Kier alpha value is -1.36. The van der Waals surface area contributed by atoms with Crippen LogP contribution in [0.1, 0.15) is 78.6 Å². The average Bonchev–Trinajstić information content (AvgIpc) is 2.84. The molecule has 0 saturated heterocycles. The Labute approximate surface area is 143 Å². The van der Waals surface area contributed by atoms with Crippen LogP contribution >= 0.6 is 11.3 Å². The fourth-order valence-corrected chi connectivity index (χ4v) is 3.36. The van der Waals surface area contributed by atoms with Gasteiger partial charge in [0.05, 0.1) is 5.56 Å². The summed E-state index contributed by atoms with van der Waals surface area (Å²) in [5.74, 6) is -0.648. The number of hydrogen-bond donors (Lipinski definition) is 2. The highest BCUT2D eigenvalue weighted by Gasteiger charge is 2.11. The molecule has 2 N–H and O–H groups in total. The van der Waals surface area contributed by atoms with Crippen molar-refractivity contribution < 1.29 is 14.7 Å². The maximum absolute atomic E-state index is 12.0. The van der Waals surface area contributed by atoms with E-state index in [4.69, 9.17) is 5.11 Å². The topological polar surface area (TPSA) is 66.4 Å². The number of thiophene rings is 1. The first-order chi connectivity index (χ1) is 11.0. The molecule has 0 spiro atoms. The lowest BCUT2D eigenvalue weighted by Crippen LogP contribution is -2.24. The molecule has 4 nitrogen and oxygen atoms in total. The van der Waals surface area contributed by atoms with Crippen LogP contribution in [-0.2, 0) is 4.79 Å². The number of rotatable bonds is 12. The lowest BCUT2D eigenvalue weighted by Gasteiger charge is -2.05. The highest BCUT2D eigenvalue weighted by atomic mass is 32.1. The molecule has 5 heteroatoms. The number of carboxylic acid groups (broad SMARTS) is 1. The van der Waals surface area contributed by atoms with Gasteiger partial charge in [0.1, 0.15) is 0 Å². The number of hydrogen-bond acceptors (Lipinski definition) is 3. The van der Waals surface area contributed by atoms with Crippen LogP contribution in [0.3, 0.4) is 0 Å². The molecule has 23 heavy (non-hydrogen) atoms. The molecule has 0 aromatic carbocycles. The fourth-order valence-electron chi connectivity index (χ4n) is 2.50. The molecule has 0 saturated carbocycles. The summed E-state index contributed by atoms with van der Waals surface area (Å²) in [6, 6.07) is 0. The molecular formula is C18H29NO3S. The molecular weight excluding hydrogens is 310 g/mol. The standard InChI is InChI=1S/C18H29NO3S/c1-14-15(2)23-13-16(14)18(22)19-12-10-8-6-4-3-5-7-9-11-17(20)21/h13H,3-12H2,1-2H3,(H,19,22)(H,20,21). The van der Waals surface area contributed by atoms with Gasteiger partial charge < -0.3 is 10.4 Å². The molecule has 130 valence electrons. The predicted molar refractivity (Wildman–Crippen MR) is 95.3 cm³/mol. The van der Waals surface area contributed by atoms with E-state index < -0.39 is 5.97 Å². The molecule has 0 atom stereocenters. The minimum Gasteiger partial charge on any atom is -0.481 e. The minimum atomic E-state index is -0.695. The quantitative estimate of drug-likeness (QED) is 0.543. The second kappa shape index (κ2) is 11.2. The van der Waals surface area contributed by atoms with Crippen LogP contribution in [0, 0.1) is 13.8 Å². The lowest BCUT2D eigenvalue weighted by atomic mass is 10.1. The van der Waals surface area contributed by atoms with Crippen molar-refractivity contribution in [2.45, 2.75) is 71.6 Å². The van der Waals surface area contributed by atoms with Gasteiger partial charge >= 0.3 is 5.97 Å². The van der Waals surface area contributed by atoms with Crippen molar-refractivity contribution in [2.24, 2.45) is 0 Å². The Bertz CT molecular complexity index is 496. The van der Waals surface area contributed by atoms with Crippen molar-refractivity contribution in [1.82, 2.24) is 5.32 Å². The molecule has 0 aliphatic carbocycles. The van der Waals surface area contributed by atoms with Crippen LogP contribution in [-0.4, -0.2) is 23.5 Å². The van der Waals surface area contributed by atoms with E-state index in [1.807, 2.05) is 19.2 Å². The van der Waals surface area contributed by atoms with Crippen molar-refractivity contribution >= 4 is 23.2 Å². The van der Waals surface area contributed by atoms with E-state index in [9.17, 15) is 9.59 Å². The first kappa shape index (κ1) is 19.7. The average molecular weight is 340 g/mol. The van der Waals surface area contributed by atoms with Crippen molar-refractivity contribution in [3.8, 4) is 0 Å². The van der Waals surface area contributed by atoms with E-state index >= 15 is 0 Å². The molecule has 0 aliphatic rings. The first-order valence-electron chi connectivity index (χ1n) is 8.57. The summed E-state index contributed by atoms with van der Waals surface area (Å²) >= 11 is 1.63. The Morgan fingerprint density at radius 3 is 2.09 bits per heavy atom. The summed E-state index contributed by atoms with van der Waals surface area (Å²) in [5, 5.41) is 13.5. The molecule has 0 aliphatic heterocycles. The predicted octanol–water partition coefficient (Wildman–Crippen LogP) is 4.69. The number of aliphatic carboxylic acids is 1. The summed E-state index contributed by atoms with van der Waals surface area (Å²) in [4.78, 5) is 23.6. The van der Waals surface area contributed by atoms with Gasteiger partial charge in [-0.15, -0.1) is 11.3 Å². The zero-order valence-electron chi connectivity index (χ0n) is 14.3. The zero-order chi connectivity index (χ0) is 17.1. The van der Waals surface area contributed by atoms with Crippen LogP contribution in [0.5, 0.6) is 0 Å². The molecule has 1 rings (SSSR count). The van der Waals surface area contributed by atoms with E-state index in [1.54, 1.807) is 11.3 Å². The van der Waals surface area contributed by atoms with Crippen molar-refractivity contribution in [3.63, 3.8) is 0 Å². The molecule has 0 unspecified atom stereocenters. The van der Waals surface area contributed by atoms with Crippen LogP contribution < -0.4 is 5.32 Å². The van der Waals surface area contributed by atoms with Crippen molar-refractivity contribution in [2.75, 3.05) is 6.54 Å². The SMILES string of the molecule is Cc1scc(C(=O)NCCCCCCCCCCC(=O)O)c1C. The number of carboxylic acids is 1. The molecule has 1 heterocycles. The molecule has 0 fully saturated rings. The maximum Gasteiger partial charge on any atom is 0.303 e. The molecule has 0 radical (unpaired) electrons. The Balaban J connectivity index is 1.94. The maximum atomic E-state index is 12.0. The third-order valence-electron chi connectivity index (χ3n) is 4.13. The summed E-state index contributed by atoms with van der Waals surface area (Å²) in [5.41, 5.74) is 1.91. The number of amides is 1. The van der Waals surface area contributed by atoms with Crippen LogP contribution in [0.4, 0.5) is 0 Å². The van der Waals surface area contributed by atoms with Crippen LogP contribution in [0.15, 0.2) is 5.38 Å². The zero-order valence-corrected chi connectivity index (χ0v) is 15.1. The largest absolute Gasteiger partial charge is 0.481 e. The number of carbonyl (C=O) groups is 2. The normalized spacial score (nSPS) is 10.7. The fraction of sp³-hybridized carbons (Fsp3) is 0.667. The van der Waals surface area contributed by atoms with Crippen LogP contribution in [0.2, 0.25) is 0 Å².